The van der Waals surface area contributed by atoms with Crippen LogP contribution in [-0.4, -0.2) is 19.8 Å². The van der Waals surface area contributed by atoms with Crippen molar-refractivity contribution < 1.29 is 9.13 Å². The second-order valence-electron chi connectivity index (χ2n) is 3.13. The Morgan fingerprint density at radius 3 is 2.57 bits per heavy atom. The summed E-state index contributed by atoms with van der Waals surface area (Å²) in [6.45, 7) is 2.30. The van der Waals surface area contributed by atoms with Crippen molar-refractivity contribution in [1.29, 1.82) is 0 Å². The first-order chi connectivity index (χ1) is 6.36. The normalized spacial score (nSPS) is 21.4. The molecule has 1 aliphatic rings. The van der Waals surface area contributed by atoms with Crippen LogP contribution in [0, 0.1) is 5.82 Å². The third-order valence-corrected chi connectivity index (χ3v) is 2.19. The van der Waals surface area contributed by atoms with E-state index in [4.69, 9.17) is 4.74 Å². The van der Waals surface area contributed by atoms with Crippen LogP contribution in [-0.2, 0) is 4.74 Å². The van der Waals surface area contributed by atoms with Crippen LogP contribution in [0.2, 0.25) is 0 Å². The minimum atomic E-state index is -0.194. The maximum atomic E-state index is 12.6. The van der Waals surface area contributed by atoms with E-state index in [0.717, 1.165) is 18.7 Å². The van der Waals surface area contributed by atoms with Crippen LogP contribution in [0.25, 0.3) is 0 Å². The van der Waals surface area contributed by atoms with Crippen molar-refractivity contribution in [3.8, 4) is 0 Å². The van der Waals surface area contributed by atoms with E-state index in [0.29, 0.717) is 6.61 Å². The smallest absolute Gasteiger partial charge is 0.123 e. The van der Waals surface area contributed by atoms with Crippen LogP contribution in [0.3, 0.4) is 0 Å². The molecule has 2 nitrogen and oxygen atoms in total. The first-order valence-corrected chi connectivity index (χ1v) is 4.43. The largest absolute Gasteiger partial charge is 0.378 e. The second kappa shape index (κ2) is 5.29. The van der Waals surface area contributed by atoms with Crippen LogP contribution in [0.1, 0.15) is 11.6 Å². The molecule has 1 aromatic rings. The fourth-order valence-electron chi connectivity index (χ4n) is 1.47. The van der Waals surface area contributed by atoms with Gasteiger partial charge in [-0.15, -0.1) is 12.4 Å². The van der Waals surface area contributed by atoms with Gasteiger partial charge in [-0.25, -0.2) is 4.39 Å². The molecular weight excluding hydrogens is 205 g/mol. The Kier molecular flexibility index (Phi) is 4.32. The number of nitrogens with one attached hydrogen (secondary N) is 1. The van der Waals surface area contributed by atoms with E-state index >= 15 is 0 Å². The highest BCUT2D eigenvalue weighted by molar-refractivity contribution is 5.85. The van der Waals surface area contributed by atoms with Gasteiger partial charge in [0, 0.05) is 6.54 Å². The predicted molar refractivity (Wildman–Crippen MR) is 55.2 cm³/mol. The standard InChI is InChI=1S/C10H12FNO.ClH/c11-9-3-1-8(2-4-9)10-7-13-6-5-12-10;/h1-4,10,12H,5-7H2;1H/t10-;/m1./s1. The average Bonchev–Trinajstić information content (AvgIpc) is 2.20. The van der Waals surface area contributed by atoms with Gasteiger partial charge in [0.15, 0.2) is 0 Å². The quantitative estimate of drug-likeness (QED) is 0.776. The molecule has 0 aromatic heterocycles. The van der Waals surface area contributed by atoms with Gasteiger partial charge in [-0.2, -0.15) is 0 Å². The van der Waals surface area contributed by atoms with Gasteiger partial charge in [0.25, 0.3) is 0 Å². The van der Waals surface area contributed by atoms with Gasteiger partial charge in [-0.3, -0.25) is 0 Å². The Morgan fingerprint density at radius 2 is 2.00 bits per heavy atom. The van der Waals surface area contributed by atoms with E-state index in [1.165, 1.54) is 12.1 Å². The van der Waals surface area contributed by atoms with Crippen molar-refractivity contribution in [2.24, 2.45) is 0 Å². The lowest BCUT2D eigenvalue weighted by molar-refractivity contribution is 0.0768. The Bertz CT molecular complexity index is 272. The fraction of sp³-hybridized carbons (Fsp3) is 0.400. The van der Waals surface area contributed by atoms with Crippen molar-refractivity contribution in [2.45, 2.75) is 6.04 Å². The van der Waals surface area contributed by atoms with E-state index in [9.17, 15) is 4.39 Å². The van der Waals surface area contributed by atoms with Crippen molar-refractivity contribution >= 4 is 12.4 Å². The van der Waals surface area contributed by atoms with E-state index in [1.54, 1.807) is 12.1 Å². The molecule has 4 heteroatoms. The number of hydrogen-bond acceptors (Lipinski definition) is 2. The first kappa shape index (κ1) is 11.4. The van der Waals surface area contributed by atoms with Crippen LogP contribution in [0.5, 0.6) is 0 Å². The van der Waals surface area contributed by atoms with Gasteiger partial charge in [0.2, 0.25) is 0 Å². The maximum Gasteiger partial charge on any atom is 0.123 e. The number of ether oxygens (including phenoxy) is 1. The number of halogens is 2. The van der Waals surface area contributed by atoms with E-state index in [2.05, 4.69) is 5.32 Å². The summed E-state index contributed by atoms with van der Waals surface area (Å²) in [4.78, 5) is 0. The zero-order chi connectivity index (χ0) is 9.10. The molecule has 1 N–H and O–H groups in total. The molecular formula is C10H13ClFNO. The Hall–Kier alpha value is -0.640. The van der Waals surface area contributed by atoms with Gasteiger partial charge >= 0.3 is 0 Å². The predicted octanol–water partition coefficient (Wildman–Crippen LogP) is 1.91. The molecule has 14 heavy (non-hydrogen) atoms. The van der Waals surface area contributed by atoms with Crippen molar-refractivity contribution in [3.63, 3.8) is 0 Å². The van der Waals surface area contributed by atoms with Crippen molar-refractivity contribution in [2.75, 3.05) is 19.8 Å². The third-order valence-electron chi connectivity index (χ3n) is 2.19. The molecule has 1 atom stereocenters. The molecule has 0 radical (unpaired) electrons. The molecule has 0 unspecified atom stereocenters. The van der Waals surface area contributed by atoms with Crippen LogP contribution in [0.4, 0.5) is 4.39 Å². The summed E-state index contributed by atoms with van der Waals surface area (Å²) < 4.78 is 17.9. The molecule has 0 spiro atoms. The SMILES string of the molecule is Cl.Fc1ccc([C@H]2COCCN2)cc1. The number of hydrogen-bond donors (Lipinski definition) is 1. The highest BCUT2D eigenvalue weighted by atomic mass is 35.5. The van der Waals surface area contributed by atoms with Gasteiger partial charge in [-0.05, 0) is 17.7 Å². The Labute approximate surface area is 88.9 Å². The van der Waals surface area contributed by atoms with Crippen molar-refractivity contribution in [1.82, 2.24) is 5.32 Å². The third kappa shape index (κ3) is 2.67. The Balaban J connectivity index is 0.000000980. The molecule has 78 valence electrons. The molecule has 1 heterocycles. The Morgan fingerprint density at radius 1 is 1.29 bits per heavy atom. The summed E-state index contributed by atoms with van der Waals surface area (Å²) in [7, 11) is 0. The van der Waals surface area contributed by atoms with Gasteiger partial charge in [-0.1, -0.05) is 12.1 Å². The lowest BCUT2D eigenvalue weighted by Gasteiger charge is -2.23. The van der Waals surface area contributed by atoms with Gasteiger partial charge in [0.1, 0.15) is 5.82 Å². The van der Waals surface area contributed by atoms with E-state index < -0.39 is 0 Å². The summed E-state index contributed by atoms with van der Waals surface area (Å²) in [6, 6.07) is 6.76. The summed E-state index contributed by atoms with van der Waals surface area (Å²) in [5, 5.41) is 3.31. The minimum absolute atomic E-state index is 0. The second-order valence-corrected chi connectivity index (χ2v) is 3.13. The number of rotatable bonds is 1. The molecule has 1 aliphatic heterocycles. The van der Waals surface area contributed by atoms with E-state index in [1.807, 2.05) is 0 Å². The fourth-order valence-corrected chi connectivity index (χ4v) is 1.47. The van der Waals surface area contributed by atoms with Crippen molar-refractivity contribution in [3.05, 3.63) is 35.6 Å². The molecule has 2 rings (SSSR count). The molecule has 0 aliphatic carbocycles. The summed E-state index contributed by atoms with van der Waals surface area (Å²) >= 11 is 0. The first-order valence-electron chi connectivity index (χ1n) is 4.43. The highest BCUT2D eigenvalue weighted by Crippen LogP contribution is 2.15. The highest BCUT2D eigenvalue weighted by Gasteiger charge is 2.14. The topological polar surface area (TPSA) is 21.3 Å². The van der Waals surface area contributed by atoms with Gasteiger partial charge < -0.3 is 10.1 Å². The summed E-state index contributed by atoms with van der Waals surface area (Å²) in [5.74, 6) is -0.194. The minimum Gasteiger partial charge on any atom is -0.378 e. The number of benzene rings is 1. The maximum absolute atomic E-state index is 12.6. The summed E-state index contributed by atoms with van der Waals surface area (Å²) in [5.41, 5.74) is 1.08. The van der Waals surface area contributed by atoms with E-state index in [-0.39, 0.29) is 24.3 Å². The zero-order valence-corrected chi connectivity index (χ0v) is 8.52. The molecule has 0 saturated carbocycles. The molecule has 0 bridgehead atoms. The van der Waals surface area contributed by atoms with Crippen LogP contribution < -0.4 is 5.32 Å². The lowest BCUT2D eigenvalue weighted by Crippen LogP contribution is -2.34. The monoisotopic (exact) mass is 217 g/mol. The van der Waals surface area contributed by atoms with Gasteiger partial charge in [0.05, 0.1) is 19.3 Å². The molecule has 1 saturated heterocycles. The summed E-state index contributed by atoms with van der Waals surface area (Å²) in [6.07, 6.45) is 0. The molecule has 1 fully saturated rings. The average molecular weight is 218 g/mol. The zero-order valence-electron chi connectivity index (χ0n) is 7.70. The number of morpholine rings is 1. The molecule has 0 amide bonds. The van der Waals surface area contributed by atoms with Crippen LogP contribution in [0.15, 0.2) is 24.3 Å². The van der Waals surface area contributed by atoms with Crippen LogP contribution >= 0.6 is 12.4 Å². The lowest BCUT2D eigenvalue weighted by atomic mass is 10.1. The molecule has 1 aromatic carbocycles.